The van der Waals surface area contributed by atoms with Crippen LogP contribution in [-0.4, -0.2) is 41.4 Å². The van der Waals surface area contributed by atoms with Gasteiger partial charge < -0.3 is 13.3 Å². The fraction of sp³-hybridized carbons (Fsp3) is 1.00. The monoisotopic (exact) mass is 394 g/mol. The lowest BCUT2D eigenvalue weighted by atomic mass is 10.1. The predicted octanol–water partition coefficient (Wildman–Crippen LogP) is 5.89. The second-order valence-electron chi connectivity index (χ2n) is 6.11. The normalized spacial score (nSPS) is 13.4. The van der Waals surface area contributed by atoms with Gasteiger partial charge in [0.25, 0.3) is 0 Å². The first-order valence-corrected chi connectivity index (χ1v) is 10.6. The van der Waals surface area contributed by atoms with E-state index in [0.717, 1.165) is 39.9 Å². The molecule has 0 spiro atoms. The molecule has 0 aromatic carbocycles. The molecule has 0 unspecified atom stereocenters. The number of alkyl halides is 5. The molecule has 9 heteroatoms. The molecule has 0 radical (unpaired) electrons. The number of rotatable bonds is 15. The van der Waals surface area contributed by atoms with E-state index in [4.69, 9.17) is 13.3 Å². The van der Waals surface area contributed by atoms with Crippen LogP contribution in [-0.2, 0) is 13.3 Å². The van der Waals surface area contributed by atoms with Gasteiger partial charge in [0.1, 0.15) is 0 Å². The molecule has 0 amide bonds. The Kier molecular flexibility index (Phi) is 12.1. The van der Waals surface area contributed by atoms with Crippen molar-refractivity contribution in [2.24, 2.45) is 0 Å². The van der Waals surface area contributed by atoms with Gasteiger partial charge in [0.15, 0.2) is 0 Å². The van der Waals surface area contributed by atoms with Gasteiger partial charge in [-0.2, -0.15) is 13.2 Å². The van der Waals surface area contributed by atoms with Gasteiger partial charge in [0.05, 0.1) is 0 Å². The molecule has 0 aliphatic rings. The average molecular weight is 394 g/mol. The molecule has 152 valence electrons. The van der Waals surface area contributed by atoms with Crippen molar-refractivity contribution >= 4 is 8.80 Å². The number of hydrogen-bond acceptors (Lipinski definition) is 3. The maximum Gasteiger partial charge on any atom is 0.574 e. The molecule has 0 N–H and O–H groups in total. The van der Waals surface area contributed by atoms with Crippen molar-refractivity contribution in [3.63, 3.8) is 0 Å². The van der Waals surface area contributed by atoms with Crippen LogP contribution in [0.1, 0.15) is 71.1 Å². The van der Waals surface area contributed by atoms with E-state index in [0.29, 0.717) is 6.42 Å². The minimum absolute atomic E-state index is 0.00945. The number of hydrogen-bond donors (Lipinski definition) is 0. The van der Waals surface area contributed by atoms with Gasteiger partial charge in [-0.1, -0.05) is 51.9 Å². The first-order chi connectivity index (χ1) is 11.6. The van der Waals surface area contributed by atoms with E-state index in [9.17, 15) is 22.0 Å². The number of unbranched alkanes of at least 4 members (excludes halogenated alkanes) is 7. The maximum atomic E-state index is 14.2. The van der Waals surface area contributed by atoms with Crippen LogP contribution < -0.4 is 0 Å². The van der Waals surface area contributed by atoms with E-state index < -0.39 is 33.4 Å². The standard InChI is InChI=1S/C16H31F5O3Si/c1-4-5-6-7-8-9-10-11-14-24-25(22-2,23-3)16(20,21)13-12-15(17,18)19/h4-14H2,1-3H3. The molecule has 0 saturated carbocycles. The quantitative estimate of drug-likeness (QED) is 0.197. The first-order valence-electron chi connectivity index (χ1n) is 8.83. The molecule has 25 heavy (non-hydrogen) atoms. The lowest BCUT2D eigenvalue weighted by Crippen LogP contribution is -2.60. The van der Waals surface area contributed by atoms with Crippen molar-refractivity contribution in [1.82, 2.24) is 0 Å². The molecule has 0 aromatic rings. The van der Waals surface area contributed by atoms with E-state index in [-0.39, 0.29) is 6.61 Å². The summed E-state index contributed by atoms with van der Waals surface area (Å²) in [5.41, 5.74) is -3.79. The molecule has 0 bridgehead atoms. The van der Waals surface area contributed by atoms with E-state index in [1.165, 1.54) is 19.3 Å². The summed E-state index contributed by atoms with van der Waals surface area (Å²) in [6.45, 7) is 2.13. The Labute approximate surface area is 148 Å². The van der Waals surface area contributed by atoms with Crippen molar-refractivity contribution in [1.29, 1.82) is 0 Å². The Bertz CT molecular complexity index is 336. The molecule has 0 atom stereocenters. The van der Waals surface area contributed by atoms with Crippen molar-refractivity contribution in [2.45, 2.75) is 82.9 Å². The van der Waals surface area contributed by atoms with E-state index in [2.05, 4.69) is 6.92 Å². The molecular weight excluding hydrogens is 363 g/mol. The van der Waals surface area contributed by atoms with Crippen LogP contribution in [0.25, 0.3) is 0 Å². The average Bonchev–Trinajstić information content (AvgIpc) is 2.54. The zero-order valence-electron chi connectivity index (χ0n) is 15.4. The first kappa shape index (κ1) is 24.7. The summed E-state index contributed by atoms with van der Waals surface area (Å²) in [4.78, 5) is 0. The highest BCUT2D eigenvalue weighted by Gasteiger charge is 2.64. The molecule has 0 saturated heterocycles. The van der Waals surface area contributed by atoms with Crippen LogP contribution in [0.3, 0.4) is 0 Å². The topological polar surface area (TPSA) is 27.7 Å². The van der Waals surface area contributed by atoms with E-state index in [1.807, 2.05) is 0 Å². The Balaban J connectivity index is 4.29. The molecule has 0 aliphatic carbocycles. The van der Waals surface area contributed by atoms with Crippen LogP contribution in [0.5, 0.6) is 0 Å². The molecule has 0 rings (SSSR count). The molecule has 0 fully saturated rings. The molecular formula is C16H31F5O3Si. The van der Waals surface area contributed by atoms with Crippen LogP contribution >= 0.6 is 0 Å². The highest BCUT2D eigenvalue weighted by atomic mass is 28.4. The third kappa shape index (κ3) is 9.86. The minimum Gasteiger partial charge on any atom is -0.373 e. The lowest BCUT2D eigenvalue weighted by molar-refractivity contribution is -0.150. The highest BCUT2D eigenvalue weighted by molar-refractivity contribution is 6.63. The SMILES string of the molecule is CCCCCCCCCCO[Si](OC)(OC)C(F)(F)CCC(F)(F)F. The summed E-state index contributed by atoms with van der Waals surface area (Å²) in [6, 6.07) is 0. The molecule has 0 heterocycles. The fourth-order valence-corrected chi connectivity index (χ4v) is 4.55. The lowest BCUT2D eigenvalue weighted by Gasteiger charge is -2.33. The zero-order valence-corrected chi connectivity index (χ0v) is 16.4. The third-order valence-corrected chi connectivity index (χ3v) is 6.80. The Morgan fingerprint density at radius 2 is 1.20 bits per heavy atom. The van der Waals surface area contributed by atoms with Gasteiger partial charge in [-0.25, -0.2) is 8.78 Å². The minimum atomic E-state index is -4.66. The van der Waals surface area contributed by atoms with Gasteiger partial charge in [0.2, 0.25) is 0 Å². The summed E-state index contributed by atoms with van der Waals surface area (Å²) in [5.74, 6) is 0. The van der Waals surface area contributed by atoms with Gasteiger partial charge in [-0.15, -0.1) is 0 Å². The van der Waals surface area contributed by atoms with Crippen LogP contribution in [0.4, 0.5) is 22.0 Å². The molecule has 0 aliphatic heterocycles. The zero-order chi connectivity index (χ0) is 19.4. The molecule has 3 nitrogen and oxygen atoms in total. The Hall–Kier alpha value is -0.253. The summed E-state index contributed by atoms with van der Waals surface area (Å²) < 4.78 is 79.9. The van der Waals surface area contributed by atoms with Crippen LogP contribution in [0, 0.1) is 0 Å². The van der Waals surface area contributed by atoms with Crippen molar-refractivity contribution < 1.29 is 35.2 Å². The summed E-state index contributed by atoms with van der Waals surface area (Å²) >= 11 is 0. The maximum absolute atomic E-state index is 14.2. The Morgan fingerprint density at radius 3 is 1.64 bits per heavy atom. The Morgan fingerprint density at radius 1 is 0.720 bits per heavy atom. The van der Waals surface area contributed by atoms with Crippen molar-refractivity contribution in [2.75, 3.05) is 20.8 Å². The molecule has 0 aromatic heterocycles. The second kappa shape index (κ2) is 12.2. The van der Waals surface area contributed by atoms with Crippen molar-refractivity contribution in [3.8, 4) is 0 Å². The largest absolute Gasteiger partial charge is 0.574 e. The third-order valence-electron chi connectivity index (χ3n) is 4.00. The van der Waals surface area contributed by atoms with Gasteiger partial charge in [-0.3, -0.25) is 0 Å². The second-order valence-corrected chi connectivity index (χ2v) is 9.06. The van der Waals surface area contributed by atoms with Gasteiger partial charge in [0, 0.05) is 33.7 Å². The van der Waals surface area contributed by atoms with E-state index in [1.54, 1.807) is 0 Å². The van der Waals surface area contributed by atoms with Gasteiger partial charge in [-0.05, 0) is 6.42 Å². The van der Waals surface area contributed by atoms with Gasteiger partial charge >= 0.3 is 20.5 Å². The van der Waals surface area contributed by atoms with Crippen LogP contribution in [0.2, 0.25) is 0 Å². The van der Waals surface area contributed by atoms with Crippen LogP contribution in [0.15, 0.2) is 0 Å². The van der Waals surface area contributed by atoms with E-state index >= 15 is 0 Å². The predicted molar refractivity (Wildman–Crippen MR) is 88.6 cm³/mol. The smallest absolute Gasteiger partial charge is 0.373 e. The van der Waals surface area contributed by atoms with Crippen molar-refractivity contribution in [3.05, 3.63) is 0 Å². The summed E-state index contributed by atoms with van der Waals surface area (Å²) in [7, 11) is -2.51. The fourth-order valence-electron chi connectivity index (χ4n) is 2.50. The number of halogens is 5. The highest BCUT2D eigenvalue weighted by Crippen LogP contribution is 2.37. The summed E-state index contributed by atoms with van der Waals surface area (Å²) in [6.07, 6.45) is 0.491. The summed E-state index contributed by atoms with van der Waals surface area (Å²) in [5, 5.41) is 0.